The minimum atomic E-state index is 0.188. The smallest absolute Gasteiger partial charge is 0.225 e. The zero-order valence-electron chi connectivity index (χ0n) is 10.9. The normalized spacial score (nSPS) is 24.1. The highest BCUT2D eigenvalue weighted by atomic mass is 32.1. The van der Waals surface area contributed by atoms with Crippen LogP contribution in [0.4, 0.5) is 11.9 Å². The Kier molecular flexibility index (Phi) is 4.13. The summed E-state index contributed by atoms with van der Waals surface area (Å²) in [5, 5.41) is 3.12. The summed E-state index contributed by atoms with van der Waals surface area (Å²) in [6.07, 6.45) is 0.376. The van der Waals surface area contributed by atoms with Gasteiger partial charge in [0.2, 0.25) is 16.7 Å². The fraction of sp³-hybridized carbons (Fsp3) is 0.727. The molecule has 1 saturated heterocycles. The predicted molar refractivity (Wildman–Crippen MR) is 73.6 cm³/mol. The molecule has 0 bridgehead atoms. The van der Waals surface area contributed by atoms with Crippen molar-refractivity contribution in [3.63, 3.8) is 0 Å². The summed E-state index contributed by atoms with van der Waals surface area (Å²) in [4.78, 5) is 13.7. The zero-order chi connectivity index (χ0) is 13.1. The Morgan fingerprint density at radius 3 is 2.67 bits per heavy atom. The highest BCUT2D eigenvalue weighted by Gasteiger charge is 2.23. The lowest BCUT2D eigenvalue weighted by molar-refractivity contribution is -0.00573. The van der Waals surface area contributed by atoms with Crippen molar-refractivity contribution in [1.29, 1.82) is 0 Å². The summed E-state index contributed by atoms with van der Waals surface area (Å²) in [6, 6.07) is 0. The first-order valence-corrected chi connectivity index (χ1v) is 6.62. The fourth-order valence-electron chi connectivity index (χ4n) is 2.12. The van der Waals surface area contributed by atoms with Crippen molar-refractivity contribution in [2.75, 3.05) is 29.9 Å². The Morgan fingerprint density at radius 2 is 2.06 bits per heavy atom. The van der Waals surface area contributed by atoms with E-state index in [1.165, 1.54) is 0 Å². The monoisotopic (exact) mass is 269 g/mol. The SMILES string of the molecule is CCNc1nc(=S)nc(N2CC(C)OC(C)C2)[nH]1. The van der Waals surface area contributed by atoms with Gasteiger partial charge in [-0.3, -0.25) is 4.98 Å². The molecule has 2 rings (SSSR count). The van der Waals surface area contributed by atoms with E-state index < -0.39 is 0 Å². The van der Waals surface area contributed by atoms with Gasteiger partial charge >= 0.3 is 0 Å². The van der Waals surface area contributed by atoms with Crippen molar-refractivity contribution >= 4 is 24.1 Å². The van der Waals surface area contributed by atoms with E-state index in [2.05, 4.69) is 39.0 Å². The van der Waals surface area contributed by atoms with E-state index in [9.17, 15) is 0 Å². The third kappa shape index (κ3) is 3.17. The van der Waals surface area contributed by atoms with Gasteiger partial charge in [0.05, 0.1) is 12.2 Å². The van der Waals surface area contributed by atoms with Gasteiger partial charge < -0.3 is 15.0 Å². The number of hydrogen-bond acceptors (Lipinski definition) is 6. The second-order valence-electron chi connectivity index (χ2n) is 4.50. The number of H-pyrrole nitrogens is 1. The molecular formula is C11H19N5OS. The van der Waals surface area contributed by atoms with Crippen molar-refractivity contribution in [3.8, 4) is 0 Å². The number of nitrogens with zero attached hydrogens (tertiary/aromatic N) is 3. The van der Waals surface area contributed by atoms with Gasteiger partial charge in [0.15, 0.2) is 0 Å². The summed E-state index contributed by atoms with van der Waals surface area (Å²) in [6.45, 7) is 8.53. The van der Waals surface area contributed by atoms with E-state index in [-0.39, 0.29) is 12.2 Å². The van der Waals surface area contributed by atoms with Gasteiger partial charge in [-0.05, 0) is 33.0 Å². The molecule has 0 amide bonds. The van der Waals surface area contributed by atoms with Crippen LogP contribution in [0.3, 0.4) is 0 Å². The van der Waals surface area contributed by atoms with E-state index in [1.807, 2.05) is 6.92 Å². The second kappa shape index (κ2) is 5.62. The Bertz CT molecular complexity index is 453. The van der Waals surface area contributed by atoms with Crippen LogP contribution in [-0.4, -0.2) is 46.8 Å². The lowest BCUT2D eigenvalue weighted by atomic mass is 10.2. The topological polar surface area (TPSA) is 66.1 Å². The maximum absolute atomic E-state index is 5.71. The third-order valence-electron chi connectivity index (χ3n) is 2.70. The molecule has 0 aliphatic carbocycles. The standard InChI is InChI=1S/C11H19N5OS/c1-4-12-9-13-10(15-11(18)14-9)16-5-7(2)17-8(3)6-16/h7-8H,4-6H2,1-3H3,(H2,12,13,14,15,18). The molecule has 1 aliphatic heterocycles. The molecule has 2 heterocycles. The molecule has 18 heavy (non-hydrogen) atoms. The van der Waals surface area contributed by atoms with Crippen LogP contribution < -0.4 is 10.2 Å². The Morgan fingerprint density at radius 1 is 1.39 bits per heavy atom. The van der Waals surface area contributed by atoms with E-state index in [1.54, 1.807) is 0 Å². The van der Waals surface area contributed by atoms with E-state index in [4.69, 9.17) is 17.0 Å². The maximum Gasteiger partial charge on any atom is 0.225 e. The fourth-order valence-corrected chi connectivity index (χ4v) is 2.30. The first-order chi connectivity index (χ1) is 8.58. The number of anilines is 2. The molecule has 7 heteroatoms. The molecule has 2 atom stereocenters. The highest BCUT2D eigenvalue weighted by Crippen LogP contribution is 2.17. The number of aromatic nitrogens is 3. The van der Waals surface area contributed by atoms with Gasteiger partial charge in [-0.25, -0.2) is 0 Å². The molecule has 1 fully saturated rings. The molecule has 2 N–H and O–H groups in total. The second-order valence-corrected chi connectivity index (χ2v) is 4.86. The van der Waals surface area contributed by atoms with Gasteiger partial charge in [0, 0.05) is 19.6 Å². The molecule has 0 spiro atoms. The molecule has 1 aromatic heterocycles. The summed E-state index contributed by atoms with van der Waals surface area (Å²) in [5.41, 5.74) is 0. The summed E-state index contributed by atoms with van der Waals surface area (Å²) < 4.78 is 6.06. The van der Waals surface area contributed by atoms with Gasteiger partial charge in [0.1, 0.15) is 0 Å². The van der Waals surface area contributed by atoms with Crippen molar-refractivity contribution < 1.29 is 4.74 Å². The van der Waals surface area contributed by atoms with Crippen LogP contribution in [0.2, 0.25) is 0 Å². The van der Waals surface area contributed by atoms with Gasteiger partial charge in [-0.1, -0.05) is 0 Å². The molecule has 100 valence electrons. The summed E-state index contributed by atoms with van der Waals surface area (Å²) in [7, 11) is 0. The predicted octanol–water partition coefficient (Wildman–Crippen LogP) is 1.58. The van der Waals surface area contributed by atoms with Crippen LogP contribution in [0.5, 0.6) is 0 Å². The van der Waals surface area contributed by atoms with E-state index in [0.717, 1.165) is 25.6 Å². The highest BCUT2D eigenvalue weighted by molar-refractivity contribution is 7.71. The molecule has 1 aliphatic rings. The van der Waals surface area contributed by atoms with Crippen LogP contribution >= 0.6 is 12.2 Å². The molecule has 1 aromatic rings. The quantitative estimate of drug-likeness (QED) is 0.812. The molecule has 0 saturated carbocycles. The zero-order valence-corrected chi connectivity index (χ0v) is 11.8. The van der Waals surface area contributed by atoms with Gasteiger partial charge in [-0.15, -0.1) is 0 Å². The number of morpholine rings is 1. The molecule has 0 radical (unpaired) electrons. The van der Waals surface area contributed by atoms with Crippen LogP contribution in [0, 0.1) is 4.77 Å². The van der Waals surface area contributed by atoms with E-state index in [0.29, 0.717) is 10.7 Å². The molecule has 0 aromatic carbocycles. The molecular weight excluding hydrogens is 250 g/mol. The minimum Gasteiger partial charge on any atom is -0.372 e. The number of hydrogen-bond donors (Lipinski definition) is 2. The summed E-state index contributed by atoms with van der Waals surface area (Å²) >= 11 is 5.09. The lowest BCUT2D eigenvalue weighted by Crippen LogP contribution is -2.46. The van der Waals surface area contributed by atoms with Crippen molar-refractivity contribution in [2.45, 2.75) is 33.0 Å². The third-order valence-corrected chi connectivity index (χ3v) is 2.89. The first-order valence-electron chi connectivity index (χ1n) is 6.21. The van der Waals surface area contributed by atoms with Crippen molar-refractivity contribution in [2.24, 2.45) is 0 Å². The maximum atomic E-state index is 5.71. The lowest BCUT2D eigenvalue weighted by Gasteiger charge is -2.35. The largest absolute Gasteiger partial charge is 0.372 e. The number of aromatic amines is 1. The average Bonchev–Trinajstić information content (AvgIpc) is 2.27. The Hall–Kier alpha value is -1.21. The van der Waals surface area contributed by atoms with E-state index >= 15 is 0 Å². The van der Waals surface area contributed by atoms with Crippen LogP contribution in [0.15, 0.2) is 0 Å². The van der Waals surface area contributed by atoms with Gasteiger partial charge in [-0.2, -0.15) is 9.97 Å². The van der Waals surface area contributed by atoms with Crippen molar-refractivity contribution in [1.82, 2.24) is 15.0 Å². The number of rotatable bonds is 3. The van der Waals surface area contributed by atoms with Gasteiger partial charge in [0.25, 0.3) is 0 Å². The number of nitrogens with one attached hydrogen (secondary N) is 2. The average molecular weight is 269 g/mol. The Labute approximate surface area is 112 Å². The van der Waals surface area contributed by atoms with Crippen LogP contribution in [0.25, 0.3) is 0 Å². The number of ether oxygens (including phenoxy) is 1. The Balaban J connectivity index is 2.23. The van der Waals surface area contributed by atoms with Crippen LogP contribution in [0.1, 0.15) is 20.8 Å². The van der Waals surface area contributed by atoms with Crippen LogP contribution in [-0.2, 0) is 4.74 Å². The minimum absolute atomic E-state index is 0.188. The van der Waals surface area contributed by atoms with Crippen molar-refractivity contribution in [3.05, 3.63) is 4.77 Å². The molecule has 6 nitrogen and oxygen atoms in total. The summed E-state index contributed by atoms with van der Waals surface area (Å²) in [5.74, 6) is 1.42. The molecule has 2 unspecified atom stereocenters. The first kappa shape index (κ1) is 13.2.